The van der Waals surface area contributed by atoms with Crippen molar-refractivity contribution in [2.45, 2.75) is 44.1 Å². The molecule has 5 N–H and O–H groups in total. The van der Waals surface area contributed by atoms with Crippen molar-refractivity contribution in [3.05, 3.63) is 23.8 Å². The molecule has 2 rings (SSSR count). The highest BCUT2D eigenvalue weighted by Gasteiger charge is 2.44. The molecule has 8 nitrogen and oxygen atoms in total. The first-order valence-electron chi connectivity index (χ1n) is 7.98. The topological polar surface area (TPSA) is 128 Å². The lowest BCUT2D eigenvalue weighted by Gasteiger charge is -2.39. The number of nitrogens with one attached hydrogen (secondary N) is 1. The van der Waals surface area contributed by atoms with Gasteiger partial charge in [-0.2, -0.15) is 0 Å². The molecule has 1 heterocycles. The van der Waals surface area contributed by atoms with E-state index >= 15 is 0 Å². The van der Waals surface area contributed by atoms with E-state index in [9.17, 15) is 20.1 Å². The zero-order chi connectivity index (χ0) is 17.7. The lowest BCUT2D eigenvalue weighted by molar-refractivity contribution is -0.302. The van der Waals surface area contributed by atoms with Crippen LogP contribution in [-0.2, 0) is 14.3 Å². The number of hydrogen-bond donors (Lipinski definition) is 5. The van der Waals surface area contributed by atoms with Crippen molar-refractivity contribution >= 4 is 5.91 Å². The van der Waals surface area contributed by atoms with Gasteiger partial charge in [-0.3, -0.25) is 4.79 Å². The van der Waals surface area contributed by atoms with Gasteiger partial charge in [0.2, 0.25) is 5.91 Å². The molecule has 0 aromatic rings. The Bertz CT molecular complexity index is 491. The van der Waals surface area contributed by atoms with E-state index in [1.54, 1.807) is 6.92 Å². The number of rotatable bonds is 7. The van der Waals surface area contributed by atoms with E-state index in [0.29, 0.717) is 6.54 Å². The summed E-state index contributed by atoms with van der Waals surface area (Å²) in [5.74, 6) is -0.695. The quantitative estimate of drug-likeness (QED) is 0.378. The third-order valence-electron chi connectivity index (χ3n) is 4.14. The van der Waals surface area contributed by atoms with Crippen LogP contribution in [0, 0.1) is 5.92 Å². The average molecular weight is 343 g/mol. The van der Waals surface area contributed by atoms with Crippen molar-refractivity contribution in [3.8, 4) is 0 Å². The Morgan fingerprint density at radius 1 is 1.38 bits per heavy atom. The second kappa shape index (κ2) is 8.70. The molecular weight excluding hydrogens is 318 g/mol. The minimum atomic E-state index is -1.49. The Hall–Kier alpha value is -1.29. The van der Waals surface area contributed by atoms with E-state index in [-0.39, 0.29) is 12.5 Å². The summed E-state index contributed by atoms with van der Waals surface area (Å²) in [4.78, 5) is 12.0. The maximum atomic E-state index is 12.0. The molecule has 0 spiro atoms. The molecule has 1 amide bonds. The third-order valence-corrected chi connectivity index (χ3v) is 4.14. The van der Waals surface area contributed by atoms with Gasteiger partial charge in [0.05, 0.1) is 19.1 Å². The number of hydrogen-bond acceptors (Lipinski definition) is 7. The molecule has 136 valence electrons. The van der Waals surface area contributed by atoms with E-state index in [2.05, 4.69) is 5.32 Å². The molecular formula is C16H25NO7. The fourth-order valence-corrected chi connectivity index (χ4v) is 2.52. The molecule has 0 aromatic carbocycles. The zero-order valence-electron chi connectivity index (χ0n) is 13.5. The number of aliphatic hydroxyl groups is 4. The van der Waals surface area contributed by atoms with E-state index in [1.165, 1.54) is 0 Å². The largest absolute Gasteiger partial charge is 0.394 e. The van der Waals surface area contributed by atoms with Crippen molar-refractivity contribution in [2.24, 2.45) is 5.92 Å². The summed E-state index contributed by atoms with van der Waals surface area (Å²) in [7, 11) is 0. The molecule has 0 aromatic heterocycles. The van der Waals surface area contributed by atoms with Gasteiger partial charge in [-0.1, -0.05) is 25.2 Å². The number of aliphatic hydroxyl groups excluding tert-OH is 4. The van der Waals surface area contributed by atoms with Gasteiger partial charge in [-0.15, -0.1) is 0 Å². The van der Waals surface area contributed by atoms with Crippen LogP contribution in [-0.4, -0.2) is 76.8 Å². The molecule has 2 aliphatic rings. The predicted octanol–water partition coefficient (Wildman–Crippen LogP) is -1.56. The van der Waals surface area contributed by atoms with Crippen molar-refractivity contribution in [1.29, 1.82) is 0 Å². The SMILES string of the molecule is C[C@H](CO[C@H]1O[C@H](CO)[C@@H](O)[C@H](O)[C@@H]1O)C(=O)NCC1=CC=CC1. The number of allylic oxidation sites excluding steroid dienone is 3. The van der Waals surface area contributed by atoms with E-state index in [1.807, 2.05) is 18.2 Å². The first-order chi connectivity index (χ1) is 11.4. The number of amides is 1. The van der Waals surface area contributed by atoms with E-state index in [4.69, 9.17) is 14.6 Å². The summed E-state index contributed by atoms with van der Waals surface area (Å²) in [5, 5.41) is 41.2. The minimum Gasteiger partial charge on any atom is -0.394 e. The summed E-state index contributed by atoms with van der Waals surface area (Å²) < 4.78 is 10.6. The molecule has 8 heteroatoms. The maximum absolute atomic E-state index is 12.0. The van der Waals surface area contributed by atoms with Gasteiger partial charge in [0.25, 0.3) is 0 Å². The maximum Gasteiger partial charge on any atom is 0.225 e. The van der Waals surface area contributed by atoms with Crippen LogP contribution in [0.4, 0.5) is 0 Å². The van der Waals surface area contributed by atoms with Gasteiger partial charge in [0.15, 0.2) is 6.29 Å². The zero-order valence-corrected chi connectivity index (χ0v) is 13.5. The molecule has 1 fully saturated rings. The van der Waals surface area contributed by atoms with Gasteiger partial charge >= 0.3 is 0 Å². The van der Waals surface area contributed by atoms with Crippen LogP contribution in [0.1, 0.15) is 13.3 Å². The number of ether oxygens (including phenoxy) is 2. The molecule has 1 aliphatic carbocycles. The van der Waals surface area contributed by atoms with Crippen molar-refractivity contribution < 1.29 is 34.7 Å². The van der Waals surface area contributed by atoms with Crippen LogP contribution in [0.25, 0.3) is 0 Å². The minimum absolute atomic E-state index is 0.0359. The lowest BCUT2D eigenvalue weighted by Crippen LogP contribution is -2.59. The molecule has 0 unspecified atom stereocenters. The van der Waals surface area contributed by atoms with Crippen molar-refractivity contribution in [2.75, 3.05) is 19.8 Å². The smallest absolute Gasteiger partial charge is 0.225 e. The Balaban J connectivity index is 1.77. The second-order valence-electron chi connectivity index (χ2n) is 6.11. The van der Waals surface area contributed by atoms with Gasteiger partial charge in [-0.25, -0.2) is 0 Å². The normalized spacial score (nSPS) is 34.0. The van der Waals surface area contributed by atoms with Crippen molar-refractivity contribution in [1.82, 2.24) is 5.32 Å². The van der Waals surface area contributed by atoms with Gasteiger partial charge < -0.3 is 35.2 Å². The van der Waals surface area contributed by atoms with Crippen LogP contribution >= 0.6 is 0 Å². The van der Waals surface area contributed by atoms with Gasteiger partial charge in [0.1, 0.15) is 24.4 Å². The molecule has 24 heavy (non-hydrogen) atoms. The summed E-state index contributed by atoms with van der Waals surface area (Å²) in [5.41, 5.74) is 1.12. The fraction of sp³-hybridized carbons (Fsp3) is 0.688. The number of carbonyl (C=O) groups is 1. The summed E-state index contributed by atoms with van der Waals surface area (Å²) in [6.45, 7) is 1.58. The summed E-state index contributed by atoms with van der Waals surface area (Å²) >= 11 is 0. The Morgan fingerprint density at radius 3 is 2.75 bits per heavy atom. The van der Waals surface area contributed by atoms with E-state index in [0.717, 1.165) is 12.0 Å². The molecule has 0 bridgehead atoms. The first kappa shape index (κ1) is 19.0. The molecule has 6 atom stereocenters. The van der Waals surface area contributed by atoms with Crippen molar-refractivity contribution in [3.63, 3.8) is 0 Å². The highest BCUT2D eigenvalue weighted by Crippen LogP contribution is 2.22. The average Bonchev–Trinajstić information content (AvgIpc) is 3.10. The third kappa shape index (κ3) is 4.62. The van der Waals surface area contributed by atoms with Crippen LogP contribution in [0.2, 0.25) is 0 Å². The van der Waals surface area contributed by atoms with Crippen LogP contribution in [0.15, 0.2) is 23.8 Å². The fourth-order valence-electron chi connectivity index (χ4n) is 2.52. The Morgan fingerprint density at radius 2 is 2.12 bits per heavy atom. The first-order valence-corrected chi connectivity index (χ1v) is 7.98. The lowest BCUT2D eigenvalue weighted by atomic mass is 9.99. The van der Waals surface area contributed by atoms with Crippen LogP contribution in [0.3, 0.4) is 0 Å². The Labute approximate surface area is 140 Å². The highest BCUT2D eigenvalue weighted by molar-refractivity contribution is 5.78. The highest BCUT2D eigenvalue weighted by atomic mass is 16.7. The summed E-state index contributed by atoms with van der Waals surface area (Å²) in [6.07, 6.45) is 0.0847. The van der Waals surface area contributed by atoms with Gasteiger partial charge in [0, 0.05) is 6.54 Å². The van der Waals surface area contributed by atoms with Gasteiger partial charge in [-0.05, 0) is 12.0 Å². The monoisotopic (exact) mass is 343 g/mol. The predicted molar refractivity (Wildman–Crippen MR) is 83.7 cm³/mol. The van der Waals surface area contributed by atoms with Crippen LogP contribution in [0.5, 0.6) is 0 Å². The second-order valence-corrected chi connectivity index (χ2v) is 6.11. The summed E-state index contributed by atoms with van der Waals surface area (Å²) in [6, 6.07) is 0. The number of carbonyl (C=O) groups excluding carboxylic acids is 1. The Kier molecular flexibility index (Phi) is 6.90. The van der Waals surface area contributed by atoms with E-state index < -0.39 is 43.2 Å². The molecule has 0 radical (unpaired) electrons. The molecule has 1 saturated heterocycles. The standard InChI is InChI=1S/C16H25NO7/c1-9(15(22)17-6-10-4-2-3-5-10)8-23-16-14(21)13(20)12(19)11(7-18)24-16/h2-4,9,11-14,16,18-21H,5-8H2,1H3,(H,17,22)/t9-,11-,12-,13+,14+,16+/m1/s1. The molecule has 1 aliphatic heterocycles. The molecule has 0 saturated carbocycles. The van der Waals surface area contributed by atoms with Crippen LogP contribution < -0.4 is 5.32 Å².